The van der Waals surface area contributed by atoms with Crippen LogP contribution in [0, 0.1) is 5.92 Å². The van der Waals surface area contributed by atoms with Gasteiger partial charge in [-0.25, -0.2) is 9.59 Å². The van der Waals surface area contributed by atoms with Crippen molar-refractivity contribution < 1.29 is 14.7 Å². The molecule has 0 spiro atoms. The van der Waals surface area contributed by atoms with Crippen LogP contribution in [0.1, 0.15) is 47.0 Å². The molecule has 2 fully saturated rings. The summed E-state index contributed by atoms with van der Waals surface area (Å²) in [6.45, 7) is 8.23. The fraction of sp³-hybridized carbons (Fsp3) is 0.867. The third-order valence-electron chi connectivity index (χ3n) is 4.53. The van der Waals surface area contributed by atoms with Crippen molar-refractivity contribution in [2.75, 3.05) is 5.75 Å². The third kappa shape index (κ3) is 3.15. The molecule has 2 amide bonds. The zero-order chi connectivity index (χ0) is 15.7. The number of hydrogen-bond acceptors (Lipinski definition) is 3. The lowest BCUT2D eigenvalue weighted by Crippen LogP contribution is -2.58. The maximum Gasteiger partial charge on any atom is 0.327 e. The van der Waals surface area contributed by atoms with Crippen molar-refractivity contribution in [1.82, 2.24) is 9.80 Å². The summed E-state index contributed by atoms with van der Waals surface area (Å²) in [5.41, 5.74) is 0. The number of aliphatic carboxylic acids is 1. The highest BCUT2D eigenvalue weighted by Gasteiger charge is 2.46. The zero-order valence-corrected chi connectivity index (χ0v) is 14.1. The van der Waals surface area contributed by atoms with E-state index in [0.29, 0.717) is 5.75 Å². The molecule has 5 nitrogen and oxygen atoms in total. The Morgan fingerprint density at radius 3 is 2.19 bits per heavy atom. The maximum absolute atomic E-state index is 13.0. The van der Waals surface area contributed by atoms with Crippen LogP contribution in [0.15, 0.2) is 0 Å². The molecule has 1 N–H and O–H groups in total. The molecule has 2 aliphatic rings. The number of nitrogens with zero attached hydrogens (tertiary/aromatic N) is 2. The molecule has 0 radical (unpaired) electrons. The Kier molecular flexibility index (Phi) is 5.07. The molecule has 2 heterocycles. The van der Waals surface area contributed by atoms with Crippen molar-refractivity contribution in [3.8, 4) is 0 Å². The van der Waals surface area contributed by atoms with Crippen molar-refractivity contribution in [3.05, 3.63) is 0 Å². The van der Waals surface area contributed by atoms with Crippen molar-refractivity contribution in [2.45, 2.75) is 70.5 Å². The monoisotopic (exact) mass is 314 g/mol. The first-order valence-corrected chi connectivity index (χ1v) is 8.84. The summed E-state index contributed by atoms with van der Waals surface area (Å²) in [6.07, 6.45) is 3.14. The first-order chi connectivity index (χ1) is 9.84. The Morgan fingerprint density at radius 1 is 1.14 bits per heavy atom. The number of likely N-dealkylation sites (tertiary alicyclic amines) is 1. The van der Waals surface area contributed by atoms with Gasteiger partial charge in [-0.1, -0.05) is 13.8 Å². The molecular weight excluding hydrogens is 288 g/mol. The minimum atomic E-state index is -0.892. The van der Waals surface area contributed by atoms with Gasteiger partial charge in [-0.3, -0.25) is 4.90 Å². The fourth-order valence-corrected chi connectivity index (χ4v) is 4.87. The van der Waals surface area contributed by atoms with E-state index < -0.39 is 12.0 Å². The maximum atomic E-state index is 13.0. The van der Waals surface area contributed by atoms with Gasteiger partial charge in [0, 0.05) is 17.8 Å². The molecule has 0 bridgehead atoms. The van der Waals surface area contributed by atoms with Gasteiger partial charge in [-0.05, 0) is 39.0 Å². The van der Waals surface area contributed by atoms with Crippen LogP contribution in [0.3, 0.4) is 0 Å². The minimum Gasteiger partial charge on any atom is -0.480 e. The third-order valence-corrected chi connectivity index (χ3v) is 6.15. The average molecular weight is 314 g/mol. The zero-order valence-electron chi connectivity index (χ0n) is 13.3. The van der Waals surface area contributed by atoms with Gasteiger partial charge in [0.25, 0.3) is 0 Å². The molecule has 21 heavy (non-hydrogen) atoms. The summed E-state index contributed by atoms with van der Waals surface area (Å²) in [5, 5.41) is 9.39. The Labute approximate surface area is 131 Å². The predicted octanol–water partition coefficient (Wildman–Crippen LogP) is 2.85. The Morgan fingerprint density at radius 2 is 1.71 bits per heavy atom. The molecule has 0 saturated carbocycles. The molecule has 0 aromatic rings. The Bertz CT molecular complexity index is 406. The van der Waals surface area contributed by atoms with Crippen molar-refractivity contribution in [1.29, 1.82) is 0 Å². The average Bonchev–Trinajstić information content (AvgIpc) is 2.83. The van der Waals surface area contributed by atoms with E-state index in [0.717, 1.165) is 19.3 Å². The van der Waals surface area contributed by atoms with Crippen LogP contribution in [0.25, 0.3) is 0 Å². The van der Waals surface area contributed by atoms with E-state index >= 15 is 0 Å². The second-order valence-corrected chi connectivity index (χ2v) is 7.70. The van der Waals surface area contributed by atoms with Crippen LogP contribution in [0.2, 0.25) is 0 Å². The Hall–Kier alpha value is -0.910. The van der Waals surface area contributed by atoms with Crippen LogP contribution in [0.5, 0.6) is 0 Å². The van der Waals surface area contributed by atoms with Gasteiger partial charge in [0.2, 0.25) is 0 Å². The van der Waals surface area contributed by atoms with Crippen LogP contribution in [0.4, 0.5) is 4.79 Å². The number of carbonyl (C=O) groups excluding carboxylic acids is 1. The number of rotatable bonds is 2. The molecule has 0 aliphatic carbocycles. The van der Waals surface area contributed by atoms with Crippen molar-refractivity contribution in [2.24, 2.45) is 5.92 Å². The van der Waals surface area contributed by atoms with Gasteiger partial charge in [0.15, 0.2) is 0 Å². The summed E-state index contributed by atoms with van der Waals surface area (Å²) in [7, 11) is 0. The van der Waals surface area contributed by atoms with E-state index in [9.17, 15) is 14.7 Å². The number of carboxylic acids is 1. The quantitative estimate of drug-likeness (QED) is 0.851. The highest BCUT2D eigenvalue weighted by atomic mass is 32.2. The van der Waals surface area contributed by atoms with Gasteiger partial charge < -0.3 is 10.0 Å². The molecule has 120 valence electrons. The number of carbonyl (C=O) groups is 2. The van der Waals surface area contributed by atoms with Gasteiger partial charge in [-0.15, -0.1) is 11.8 Å². The first kappa shape index (κ1) is 16.5. The first-order valence-electron chi connectivity index (χ1n) is 7.79. The van der Waals surface area contributed by atoms with E-state index in [4.69, 9.17) is 0 Å². The van der Waals surface area contributed by atoms with Crippen LogP contribution in [-0.4, -0.2) is 56.2 Å². The number of amides is 2. The van der Waals surface area contributed by atoms with Gasteiger partial charge >= 0.3 is 12.0 Å². The highest BCUT2D eigenvalue weighted by molar-refractivity contribution is 8.00. The molecule has 2 aliphatic heterocycles. The molecule has 0 aromatic heterocycles. The molecule has 0 aromatic carbocycles. The van der Waals surface area contributed by atoms with Crippen molar-refractivity contribution >= 4 is 23.8 Å². The van der Waals surface area contributed by atoms with Gasteiger partial charge in [0.05, 0.1) is 5.37 Å². The van der Waals surface area contributed by atoms with Gasteiger partial charge in [0.1, 0.15) is 6.04 Å². The molecule has 2 rings (SSSR count). The van der Waals surface area contributed by atoms with E-state index in [2.05, 4.69) is 13.8 Å². The lowest BCUT2D eigenvalue weighted by Gasteiger charge is -2.43. The normalized spacial score (nSPS) is 33.6. The number of carboxylic acid groups (broad SMARTS) is 1. The predicted molar refractivity (Wildman–Crippen MR) is 84.4 cm³/mol. The van der Waals surface area contributed by atoms with Crippen LogP contribution < -0.4 is 0 Å². The lowest BCUT2D eigenvalue weighted by atomic mass is 9.98. The van der Waals surface area contributed by atoms with E-state index in [1.807, 2.05) is 18.7 Å². The van der Waals surface area contributed by atoms with E-state index in [1.165, 1.54) is 0 Å². The standard InChI is InChI=1S/C15H26N2O3S/c1-9(2)13-17(12(8-21-13)14(18)19)15(20)16-10(3)6-5-7-11(16)4/h9-13H,5-8H2,1-4H3,(H,18,19). The van der Waals surface area contributed by atoms with Crippen molar-refractivity contribution in [3.63, 3.8) is 0 Å². The number of urea groups is 1. The molecule has 4 atom stereocenters. The summed E-state index contributed by atoms with van der Waals surface area (Å²) >= 11 is 1.59. The topological polar surface area (TPSA) is 60.9 Å². The van der Waals surface area contributed by atoms with Crippen LogP contribution >= 0.6 is 11.8 Å². The largest absolute Gasteiger partial charge is 0.480 e. The summed E-state index contributed by atoms with van der Waals surface area (Å²) in [5.74, 6) is -0.157. The Balaban J connectivity index is 2.25. The molecular formula is C15H26N2O3S. The highest BCUT2D eigenvalue weighted by Crippen LogP contribution is 2.36. The summed E-state index contributed by atoms with van der Waals surface area (Å²) < 4.78 is 0. The molecule has 2 saturated heterocycles. The fourth-order valence-electron chi connectivity index (χ4n) is 3.41. The minimum absolute atomic E-state index is 0.0417. The summed E-state index contributed by atoms with van der Waals surface area (Å²) in [4.78, 5) is 28.1. The van der Waals surface area contributed by atoms with Crippen LogP contribution in [-0.2, 0) is 4.79 Å². The lowest BCUT2D eigenvalue weighted by molar-refractivity contribution is -0.141. The molecule has 6 heteroatoms. The second kappa shape index (κ2) is 6.46. The number of thioether (sulfide) groups is 1. The smallest absolute Gasteiger partial charge is 0.327 e. The second-order valence-electron chi connectivity index (χ2n) is 6.55. The molecule has 4 unspecified atom stereocenters. The van der Waals surface area contributed by atoms with Gasteiger partial charge in [-0.2, -0.15) is 0 Å². The van der Waals surface area contributed by atoms with E-state index in [-0.39, 0.29) is 29.4 Å². The number of piperidine rings is 1. The number of hydrogen-bond donors (Lipinski definition) is 1. The SMILES string of the molecule is CC(C)C1SCC(C(=O)O)N1C(=O)N1C(C)CCCC1C. The van der Waals surface area contributed by atoms with E-state index in [1.54, 1.807) is 16.7 Å². The summed E-state index contributed by atoms with van der Waals surface area (Å²) in [6, 6.07) is -0.412.